The first-order valence-electron chi connectivity index (χ1n) is 7.62. The molecule has 0 saturated carbocycles. The third-order valence-corrected chi connectivity index (χ3v) is 3.95. The molecule has 0 saturated heterocycles. The zero-order valence-corrected chi connectivity index (χ0v) is 14.4. The van der Waals surface area contributed by atoms with Crippen molar-refractivity contribution in [2.75, 3.05) is 7.11 Å². The monoisotopic (exact) mass is 368 g/mol. The maximum atomic E-state index is 12.3. The van der Waals surface area contributed by atoms with E-state index in [-0.39, 0.29) is 5.56 Å². The molecule has 0 atom stereocenters. The topological polar surface area (TPSA) is 73.6 Å². The van der Waals surface area contributed by atoms with Gasteiger partial charge in [0.15, 0.2) is 5.78 Å². The van der Waals surface area contributed by atoms with Crippen LogP contribution < -0.4 is 5.63 Å². The molecule has 0 spiro atoms. The van der Waals surface area contributed by atoms with Gasteiger partial charge in [0, 0.05) is 10.4 Å². The lowest BCUT2D eigenvalue weighted by molar-refractivity contribution is 0.0600. The van der Waals surface area contributed by atoms with Crippen LogP contribution >= 0.6 is 11.6 Å². The minimum Gasteiger partial charge on any atom is -0.465 e. The summed E-state index contributed by atoms with van der Waals surface area (Å²) in [5, 5.41) is 1.04. The van der Waals surface area contributed by atoms with Crippen LogP contribution in [-0.4, -0.2) is 18.9 Å². The quantitative estimate of drug-likeness (QED) is 0.299. The molecule has 0 aliphatic carbocycles. The van der Waals surface area contributed by atoms with Crippen LogP contribution in [-0.2, 0) is 4.74 Å². The molecule has 6 heteroatoms. The summed E-state index contributed by atoms with van der Waals surface area (Å²) >= 11 is 5.93. The summed E-state index contributed by atoms with van der Waals surface area (Å²) in [5.41, 5.74) is 0.665. The van der Waals surface area contributed by atoms with Crippen molar-refractivity contribution in [1.29, 1.82) is 0 Å². The van der Waals surface area contributed by atoms with E-state index in [9.17, 15) is 14.4 Å². The third kappa shape index (κ3) is 3.73. The number of fused-ring (bicyclic) bond motifs is 1. The number of carbonyl (C=O) groups is 2. The van der Waals surface area contributed by atoms with E-state index in [1.54, 1.807) is 48.5 Å². The molecule has 0 bridgehead atoms. The lowest BCUT2D eigenvalue weighted by atomic mass is 10.1. The first kappa shape index (κ1) is 17.6. The number of benzene rings is 2. The highest BCUT2D eigenvalue weighted by atomic mass is 35.5. The molecule has 130 valence electrons. The lowest BCUT2D eigenvalue weighted by Gasteiger charge is -2.01. The van der Waals surface area contributed by atoms with E-state index in [4.69, 9.17) is 16.0 Å². The van der Waals surface area contributed by atoms with Crippen molar-refractivity contribution in [2.24, 2.45) is 0 Å². The van der Waals surface area contributed by atoms with Crippen molar-refractivity contribution in [2.45, 2.75) is 0 Å². The van der Waals surface area contributed by atoms with Gasteiger partial charge in [-0.05, 0) is 48.0 Å². The van der Waals surface area contributed by atoms with Gasteiger partial charge in [-0.1, -0.05) is 29.8 Å². The van der Waals surface area contributed by atoms with E-state index >= 15 is 0 Å². The van der Waals surface area contributed by atoms with Gasteiger partial charge in [0.1, 0.15) is 11.1 Å². The van der Waals surface area contributed by atoms with Crippen LogP contribution in [0.5, 0.6) is 0 Å². The second-order valence-corrected chi connectivity index (χ2v) is 5.88. The molecule has 3 aromatic rings. The Kier molecular flexibility index (Phi) is 5.00. The van der Waals surface area contributed by atoms with Crippen LogP contribution in [0.1, 0.15) is 26.3 Å². The number of ketones is 1. The number of hydrogen-bond acceptors (Lipinski definition) is 5. The van der Waals surface area contributed by atoms with Gasteiger partial charge in [-0.2, -0.15) is 0 Å². The largest absolute Gasteiger partial charge is 0.465 e. The van der Waals surface area contributed by atoms with E-state index in [0.29, 0.717) is 27.1 Å². The van der Waals surface area contributed by atoms with Crippen molar-refractivity contribution in [3.8, 4) is 0 Å². The van der Waals surface area contributed by atoms with E-state index < -0.39 is 17.4 Å². The Labute approximate surface area is 153 Å². The normalized spacial score (nSPS) is 11.0. The molecule has 0 N–H and O–H groups in total. The van der Waals surface area contributed by atoms with Crippen molar-refractivity contribution < 1.29 is 18.7 Å². The fraction of sp³-hybridized carbons (Fsp3) is 0.0500. The summed E-state index contributed by atoms with van der Waals surface area (Å²) in [7, 11) is 1.30. The highest BCUT2D eigenvalue weighted by molar-refractivity contribution is 6.31. The molecule has 3 rings (SSSR count). The lowest BCUT2D eigenvalue weighted by Crippen LogP contribution is -2.11. The Morgan fingerprint density at radius 2 is 1.81 bits per heavy atom. The fourth-order valence-corrected chi connectivity index (χ4v) is 2.56. The number of halogens is 1. The fourth-order valence-electron chi connectivity index (χ4n) is 2.38. The average Bonchev–Trinajstić information content (AvgIpc) is 2.65. The Hall–Kier alpha value is -3.18. The average molecular weight is 369 g/mol. The predicted molar refractivity (Wildman–Crippen MR) is 98.6 cm³/mol. The van der Waals surface area contributed by atoms with Crippen LogP contribution in [0.3, 0.4) is 0 Å². The standard InChI is InChI=1S/C20H13ClO5/c1-25-19(23)13-5-2-12(3-6-13)4-8-17(22)16-11-14-10-15(21)7-9-18(14)26-20(16)24/h2-11H,1H3/b8-4+. The number of rotatable bonds is 4. The van der Waals surface area contributed by atoms with E-state index in [1.807, 2.05) is 0 Å². The molecule has 0 aliphatic rings. The Morgan fingerprint density at radius 1 is 1.08 bits per heavy atom. The minimum atomic E-state index is -0.712. The van der Waals surface area contributed by atoms with Crippen LogP contribution in [0.4, 0.5) is 0 Å². The molecular weight excluding hydrogens is 356 g/mol. The van der Waals surface area contributed by atoms with Gasteiger partial charge < -0.3 is 9.15 Å². The molecule has 0 amide bonds. The van der Waals surface area contributed by atoms with Crippen molar-refractivity contribution in [1.82, 2.24) is 0 Å². The third-order valence-electron chi connectivity index (χ3n) is 3.72. The number of allylic oxidation sites excluding steroid dienone is 1. The van der Waals surface area contributed by atoms with Crippen LogP contribution in [0.2, 0.25) is 5.02 Å². The van der Waals surface area contributed by atoms with Crippen LogP contribution in [0, 0.1) is 0 Å². The molecule has 0 fully saturated rings. The summed E-state index contributed by atoms with van der Waals surface area (Å²) in [6.07, 6.45) is 2.82. The first-order chi connectivity index (χ1) is 12.5. The Morgan fingerprint density at radius 3 is 2.50 bits per heavy atom. The van der Waals surface area contributed by atoms with E-state index in [1.165, 1.54) is 19.3 Å². The van der Waals surface area contributed by atoms with Gasteiger partial charge in [-0.25, -0.2) is 9.59 Å². The highest BCUT2D eigenvalue weighted by Gasteiger charge is 2.11. The van der Waals surface area contributed by atoms with Gasteiger partial charge in [-0.3, -0.25) is 4.79 Å². The number of esters is 1. The number of hydrogen-bond donors (Lipinski definition) is 0. The Balaban J connectivity index is 1.86. The molecule has 26 heavy (non-hydrogen) atoms. The van der Waals surface area contributed by atoms with Gasteiger partial charge in [0.25, 0.3) is 0 Å². The molecule has 0 unspecified atom stereocenters. The summed E-state index contributed by atoms with van der Waals surface area (Å²) in [6.45, 7) is 0. The van der Waals surface area contributed by atoms with Crippen molar-refractivity contribution in [3.05, 3.63) is 86.7 Å². The number of methoxy groups -OCH3 is 1. The smallest absolute Gasteiger partial charge is 0.347 e. The molecule has 1 aromatic heterocycles. The zero-order chi connectivity index (χ0) is 18.7. The molecule has 1 heterocycles. The van der Waals surface area contributed by atoms with Gasteiger partial charge in [0.05, 0.1) is 12.7 Å². The summed E-state index contributed by atoms with van der Waals surface area (Å²) < 4.78 is 9.78. The van der Waals surface area contributed by atoms with E-state index in [2.05, 4.69) is 4.74 Å². The SMILES string of the molecule is COC(=O)c1ccc(/C=C/C(=O)c2cc3cc(Cl)ccc3oc2=O)cc1. The van der Waals surface area contributed by atoms with Gasteiger partial charge in [0.2, 0.25) is 0 Å². The van der Waals surface area contributed by atoms with Gasteiger partial charge >= 0.3 is 11.6 Å². The summed E-state index contributed by atoms with van der Waals surface area (Å²) in [4.78, 5) is 35.7. The molecule has 5 nitrogen and oxygen atoms in total. The van der Waals surface area contributed by atoms with Gasteiger partial charge in [-0.15, -0.1) is 0 Å². The summed E-state index contributed by atoms with van der Waals surface area (Å²) in [5.74, 6) is -0.929. The maximum Gasteiger partial charge on any atom is 0.347 e. The molecule has 0 aliphatic heterocycles. The Bertz CT molecular complexity index is 1080. The number of ether oxygens (including phenoxy) is 1. The summed E-state index contributed by atoms with van der Waals surface area (Å²) in [6, 6.07) is 12.8. The maximum absolute atomic E-state index is 12.3. The van der Waals surface area contributed by atoms with Crippen LogP contribution in [0.25, 0.3) is 17.0 Å². The van der Waals surface area contributed by atoms with Crippen molar-refractivity contribution >= 4 is 40.4 Å². The number of carbonyl (C=O) groups excluding carboxylic acids is 2. The molecular formula is C20H13ClO5. The van der Waals surface area contributed by atoms with Crippen LogP contribution in [0.15, 0.2) is 63.8 Å². The predicted octanol–water partition coefficient (Wildman–Crippen LogP) is 4.13. The highest BCUT2D eigenvalue weighted by Crippen LogP contribution is 2.19. The second kappa shape index (κ2) is 7.37. The zero-order valence-electron chi connectivity index (χ0n) is 13.7. The minimum absolute atomic E-state index is 0.0813. The molecule has 0 radical (unpaired) electrons. The van der Waals surface area contributed by atoms with E-state index in [0.717, 1.165) is 0 Å². The second-order valence-electron chi connectivity index (χ2n) is 5.44. The first-order valence-corrected chi connectivity index (χ1v) is 8.00. The van der Waals surface area contributed by atoms with Crippen molar-refractivity contribution in [3.63, 3.8) is 0 Å². The molecule has 2 aromatic carbocycles.